The van der Waals surface area contributed by atoms with Crippen LogP contribution in [0.4, 0.5) is 11.8 Å². The summed E-state index contributed by atoms with van der Waals surface area (Å²) in [5.74, 6) is 2.42. The van der Waals surface area contributed by atoms with Crippen LogP contribution < -0.4 is 25.0 Å². The SMILES string of the molecule is CCCC[N+]1(c2nc(N)nc3ncc(-c4ccc(OC)c(OC)c4)nc23)CCNCC1. The Kier molecular flexibility index (Phi) is 6.15. The number of aromatic nitrogens is 4. The first-order valence-corrected chi connectivity index (χ1v) is 10.7. The van der Waals surface area contributed by atoms with Crippen LogP contribution in [0, 0.1) is 0 Å². The van der Waals surface area contributed by atoms with E-state index in [4.69, 9.17) is 25.2 Å². The average molecular weight is 425 g/mol. The minimum absolute atomic E-state index is 0.239. The molecule has 3 N–H and O–H groups in total. The summed E-state index contributed by atoms with van der Waals surface area (Å²) in [5.41, 5.74) is 8.94. The minimum atomic E-state index is 0.239. The molecule has 3 heterocycles. The Labute approximate surface area is 182 Å². The van der Waals surface area contributed by atoms with Gasteiger partial charge in [-0.1, -0.05) is 13.3 Å². The van der Waals surface area contributed by atoms with Crippen molar-refractivity contribution in [2.75, 3.05) is 52.7 Å². The topological polar surface area (TPSA) is 108 Å². The van der Waals surface area contributed by atoms with Gasteiger partial charge in [0.2, 0.25) is 5.95 Å². The first-order chi connectivity index (χ1) is 15.1. The van der Waals surface area contributed by atoms with Gasteiger partial charge < -0.3 is 20.5 Å². The lowest BCUT2D eigenvalue weighted by molar-refractivity contribution is 0.233. The normalized spacial score (nSPS) is 15.7. The van der Waals surface area contributed by atoms with Gasteiger partial charge in [-0.25, -0.2) is 9.97 Å². The molecular formula is C22H30N7O2+. The summed E-state index contributed by atoms with van der Waals surface area (Å²) < 4.78 is 11.6. The molecule has 0 aliphatic carbocycles. The zero-order valence-corrected chi connectivity index (χ0v) is 18.4. The van der Waals surface area contributed by atoms with Crippen molar-refractivity contribution in [3.05, 3.63) is 24.4 Å². The van der Waals surface area contributed by atoms with Gasteiger partial charge in [0.05, 0.1) is 45.7 Å². The second kappa shape index (κ2) is 8.99. The summed E-state index contributed by atoms with van der Waals surface area (Å²) in [7, 11) is 3.24. The summed E-state index contributed by atoms with van der Waals surface area (Å²) >= 11 is 0. The minimum Gasteiger partial charge on any atom is -0.493 e. The summed E-state index contributed by atoms with van der Waals surface area (Å²) in [6.45, 7) is 6.93. The summed E-state index contributed by atoms with van der Waals surface area (Å²) in [6.07, 6.45) is 3.94. The number of hydrogen-bond acceptors (Lipinski definition) is 8. The van der Waals surface area contributed by atoms with Crippen LogP contribution in [0.2, 0.25) is 0 Å². The highest BCUT2D eigenvalue weighted by Crippen LogP contribution is 2.34. The van der Waals surface area contributed by atoms with E-state index < -0.39 is 0 Å². The Morgan fingerprint density at radius 2 is 1.84 bits per heavy atom. The summed E-state index contributed by atoms with van der Waals surface area (Å²) in [4.78, 5) is 18.6. The number of nitrogens with two attached hydrogens (primary N) is 1. The van der Waals surface area contributed by atoms with E-state index in [-0.39, 0.29) is 5.95 Å². The Morgan fingerprint density at radius 3 is 2.55 bits per heavy atom. The highest BCUT2D eigenvalue weighted by Gasteiger charge is 2.36. The molecule has 3 aromatic rings. The summed E-state index contributed by atoms with van der Waals surface area (Å²) in [5, 5.41) is 3.46. The Balaban J connectivity index is 1.87. The number of rotatable bonds is 7. The fraction of sp³-hybridized carbons (Fsp3) is 0.455. The van der Waals surface area contributed by atoms with Gasteiger partial charge >= 0.3 is 0 Å². The number of nitrogens with one attached hydrogen (secondary N) is 1. The molecule has 4 rings (SSSR count). The maximum atomic E-state index is 6.09. The second-order valence-corrected chi connectivity index (χ2v) is 7.82. The molecule has 1 aromatic carbocycles. The standard InChI is InChI=1S/C22H30N7O2/c1-4-5-10-29(11-8-24-9-12-29)21-19-20(27-22(23)28-21)25-14-16(26-19)15-6-7-17(30-2)18(13-15)31-3/h6-7,13-14,24H,4-5,8-12H2,1-3H3,(H2,23,25,27,28)/q+1. The van der Waals surface area contributed by atoms with Gasteiger partial charge in [-0.3, -0.25) is 4.48 Å². The second-order valence-electron chi connectivity index (χ2n) is 7.82. The molecule has 0 saturated carbocycles. The van der Waals surface area contributed by atoms with Crippen LogP contribution in [0.5, 0.6) is 11.5 Å². The number of methoxy groups -OCH3 is 2. The Bertz CT molecular complexity index is 1070. The predicted molar refractivity (Wildman–Crippen MR) is 122 cm³/mol. The number of anilines is 1. The van der Waals surface area contributed by atoms with Crippen LogP contribution in [-0.4, -0.2) is 66.9 Å². The van der Waals surface area contributed by atoms with Crippen LogP contribution in [0.1, 0.15) is 19.8 Å². The third kappa shape index (κ3) is 4.11. The molecule has 2 aromatic heterocycles. The molecule has 0 radical (unpaired) electrons. The van der Waals surface area contributed by atoms with E-state index in [1.165, 1.54) is 0 Å². The molecule has 0 amide bonds. The molecule has 0 bridgehead atoms. The van der Waals surface area contributed by atoms with E-state index in [1.54, 1.807) is 20.4 Å². The number of benzene rings is 1. The molecular weight excluding hydrogens is 394 g/mol. The molecule has 0 unspecified atom stereocenters. The highest BCUT2D eigenvalue weighted by atomic mass is 16.5. The smallest absolute Gasteiger partial charge is 0.261 e. The van der Waals surface area contributed by atoms with E-state index in [0.29, 0.717) is 22.7 Å². The van der Waals surface area contributed by atoms with E-state index in [9.17, 15) is 0 Å². The molecule has 0 atom stereocenters. The number of nitrogen functional groups attached to an aromatic ring is 1. The van der Waals surface area contributed by atoms with Crippen LogP contribution in [0.25, 0.3) is 22.4 Å². The van der Waals surface area contributed by atoms with Crippen molar-refractivity contribution >= 4 is 22.9 Å². The molecule has 1 aliphatic heterocycles. The largest absolute Gasteiger partial charge is 0.493 e. The molecule has 1 aliphatic rings. The fourth-order valence-electron chi connectivity index (χ4n) is 4.20. The number of hydrogen-bond donors (Lipinski definition) is 2. The van der Waals surface area contributed by atoms with E-state index in [0.717, 1.165) is 67.1 Å². The van der Waals surface area contributed by atoms with Gasteiger partial charge in [0.25, 0.3) is 5.82 Å². The van der Waals surface area contributed by atoms with Gasteiger partial charge in [-0.15, -0.1) is 0 Å². The predicted octanol–water partition coefficient (Wildman–Crippen LogP) is 2.40. The quantitative estimate of drug-likeness (QED) is 0.557. The van der Waals surface area contributed by atoms with Gasteiger partial charge in [0.1, 0.15) is 0 Å². The van der Waals surface area contributed by atoms with Crippen LogP contribution >= 0.6 is 0 Å². The third-order valence-corrected chi connectivity index (χ3v) is 5.91. The molecule has 31 heavy (non-hydrogen) atoms. The van der Waals surface area contributed by atoms with E-state index in [1.807, 2.05) is 18.2 Å². The molecule has 9 nitrogen and oxygen atoms in total. The Morgan fingerprint density at radius 1 is 1.06 bits per heavy atom. The zero-order valence-electron chi connectivity index (χ0n) is 18.4. The van der Waals surface area contributed by atoms with Crippen molar-refractivity contribution in [2.24, 2.45) is 0 Å². The number of unbranched alkanes of at least 4 members (excludes halogenated alkanes) is 1. The van der Waals surface area contributed by atoms with Crippen molar-refractivity contribution < 1.29 is 9.47 Å². The summed E-state index contributed by atoms with van der Waals surface area (Å²) in [6, 6.07) is 5.71. The zero-order chi connectivity index (χ0) is 21.8. The van der Waals surface area contributed by atoms with Crippen molar-refractivity contribution in [2.45, 2.75) is 19.8 Å². The first kappa shape index (κ1) is 21.2. The average Bonchev–Trinajstić information content (AvgIpc) is 2.82. The lowest BCUT2D eigenvalue weighted by Crippen LogP contribution is -2.60. The number of nitrogens with zero attached hydrogens (tertiary/aromatic N) is 5. The molecule has 1 fully saturated rings. The van der Waals surface area contributed by atoms with E-state index in [2.05, 4.69) is 22.2 Å². The molecule has 9 heteroatoms. The van der Waals surface area contributed by atoms with Crippen LogP contribution in [0.15, 0.2) is 24.4 Å². The van der Waals surface area contributed by atoms with E-state index >= 15 is 0 Å². The van der Waals surface area contributed by atoms with Gasteiger partial charge in [-0.2, -0.15) is 9.97 Å². The van der Waals surface area contributed by atoms with Gasteiger partial charge in [0, 0.05) is 18.7 Å². The van der Waals surface area contributed by atoms with Crippen LogP contribution in [-0.2, 0) is 0 Å². The van der Waals surface area contributed by atoms with Gasteiger partial charge in [-0.05, 0) is 24.6 Å². The maximum Gasteiger partial charge on any atom is 0.261 e. The van der Waals surface area contributed by atoms with Gasteiger partial charge in [0.15, 0.2) is 22.7 Å². The monoisotopic (exact) mass is 424 g/mol. The lowest BCUT2D eigenvalue weighted by atomic mass is 10.1. The number of ether oxygens (including phenoxy) is 2. The molecule has 0 spiro atoms. The van der Waals surface area contributed by atoms with Crippen LogP contribution in [0.3, 0.4) is 0 Å². The fourth-order valence-corrected chi connectivity index (χ4v) is 4.20. The van der Waals surface area contributed by atoms with Crippen molar-refractivity contribution in [3.8, 4) is 22.8 Å². The third-order valence-electron chi connectivity index (χ3n) is 5.91. The number of fused-ring (bicyclic) bond motifs is 1. The molecule has 1 saturated heterocycles. The molecule has 164 valence electrons. The number of quaternary nitrogens is 1. The Hall–Kier alpha value is -3.04. The number of piperazine rings is 1. The first-order valence-electron chi connectivity index (χ1n) is 10.7. The van der Waals surface area contributed by atoms with Crippen molar-refractivity contribution in [3.63, 3.8) is 0 Å². The highest BCUT2D eigenvalue weighted by molar-refractivity contribution is 5.85. The lowest BCUT2D eigenvalue weighted by Gasteiger charge is -2.40. The maximum absolute atomic E-state index is 6.09. The van der Waals surface area contributed by atoms with Crippen molar-refractivity contribution in [1.29, 1.82) is 0 Å². The van der Waals surface area contributed by atoms with Crippen molar-refractivity contribution in [1.82, 2.24) is 29.7 Å².